The third-order valence-corrected chi connectivity index (χ3v) is 6.59. The molecule has 1 aliphatic heterocycles. The normalized spacial score (nSPS) is 18.5. The number of aromatic nitrogens is 2. The van der Waals surface area contributed by atoms with Gasteiger partial charge in [0, 0.05) is 19.3 Å². The molecule has 0 spiro atoms. The fourth-order valence-corrected chi connectivity index (χ4v) is 4.03. The zero-order valence-electron chi connectivity index (χ0n) is 11.1. The number of hydrogen-bond donors (Lipinski definition) is 0. The standard InChI is InChI=1S/C12H19N3O2Si/c1-17-11(16)10-4-5-13-12(14-10)15-6-8-18(2,3)9-7-15/h4-5H,6-9H2,1-3H3. The molecule has 0 atom stereocenters. The first-order chi connectivity index (χ1) is 8.52. The first kappa shape index (κ1) is 13.0. The molecule has 2 heterocycles. The molecule has 1 saturated heterocycles. The predicted octanol–water partition coefficient (Wildman–Crippen LogP) is 1.79. The summed E-state index contributed by atoms with van der Waals surface area (Å²) in [4.78, 5) is 22.1. The fourth-order valence-electron chi connectivity index (χ4n) is 2.03. The Morgan fingerprint density at radius 3 is 2.67 bits per heavy atom. The van der Waals surface area contributed by atoms with Crippen LogP contribution in [0.2, 0.25) is 25.2 Å². The van der Waals surface area contributed by atoms with Crippen molar-refractivity contribution in [3.8, 4) is 0 Å². The molecule has 18 heavy (non-hydrogen) atoms. The van der Waals surface area contributed by atoms with Crippen LogP contribution in [0.5, 0.6) is 0 Å². The van der Waals surface area contributed by atoms with Crippen molar-refractivity contribution in [2.45, 2.75) is 25.2 Å². The Labute approximate surface area is 108 Å². The number of carbonyl (C=O) groups excluding carboxylic acids is 1. The lowest BCUT2D eigenvalue weighted by atomic mass is 10.4. The van der Waals surface area contributed by atoms with E-state index in [0.29, 0.717) is 11.6 Å². The molecule has 1 aromatic heterocycles. The van der Waals surface area contributed by atoms with Gasteiger partial charge in [-0.2, -0.15) is 0 Å². The van der Waals surface area contributed by atoms with Gasteiger partial charge >= 0.3 is 5.97 Å². The number of ether oxygens (including phenoxy) is 1. The Morgan fingerprint density at radius 2 is 2.06 bits per heavy atom. The smallest absolute Gasteiger partial charge is 0.356 e. The van der Waals surface area contributed by atoms with Gasteiger partial charge in [-0.25, -0.2) is 14.8 Å². The van der Waals surface area contributed by atoms with E-state index in [2.05, 4.69) is 32.7 Å². The summed E-state index contributed by atoms with van der Waals surface area (Å²) in [7, 11) is 0.364. The predicted molar refractivity (Wildman–Crippen MR) is 72.7 cm³/mol. The molecule has 5 nitrogen and oxygen atoms in total. The maximum absolute atomic E-state index is 11.4. The Bertz CT molecular complexity index is 441. The molecule has 6 heteroatoms. The SMILES string of the molecule is COC(=O)c1ccnc(N2CC[Si](C)(C)CC2)n1. The van der Waals surface area contributed by atoms with Gasteiger partial charge in [0.05, 0.1) is 15.2 Å². The van der Waals surface area contributed by atoms with Gasteiger partial charge in [-0.1, -0.05) is 13.1 Å². The molecule has 0 aromatic carbocycles. The lowest BCUT2D eigenvalue weighted by Crippen LogP contribution is -2.43. The Kier molecular flexibility index (Phi) is 3.65. The van der Waals surface area contributed by atoms with Crippen LogP contribution in [0, 0.1) is 0 Å². The first-order valence-electron chi connectivity index (χ1n) is 6.18. The summed E-state index contributed by atoms with van der Waals surface area (Å²) in [6.07, 6.45) is 1.62. The van der Waals surface area contributed by atoms with Crippen molar-refractivity contribution in [1.82, 2.24) is 9.97 Å². The average Bonchev–Trinajstić information content (AvgIpc) is 2.38. The molecule has 0 N–H and O–H groups in total. The van der Waals surface area contributed by atoms with Crippen molar-refractivity contribution in [1.29, 1.82) is 0 Å². The van der Waals surface area contributed by atoms with Crippen molar-refractivity contribution < 1.29 is 9.53 Å². The maximum atomic E-state index is 11.4. The Hall–Kier alpha value is -1.43. The van der Waals surface area contributed by atoms with Crippen LogP contribution < -0.4 is 4.90 Å². The van der Waals surface area contributed by atoms with E-state index >= 15 is 0 Å². The highest BCUT2D eigenvalue weighted by Crippen LogP contribution is 2.24. The summed E-state index contributed by atoms with van der Waals surface area (Å²) in [6, 6.07) is 4.08. The Morgan fingerprint density at radius 1 is 1.39 bits per heavy atom. The second-order valence-corrected chi connectivity index (χ2v) is 10.7. The van der Waals surface area contributed by atoms with Gasteiger partial charge in [-0.05, 0) is 18.2 Å². The largest absolute Gasteiger partial charge is 0.464 e. The van der Waals surface area contributed by atoms with Gasteiger partial charge in [0.1, 0.15) is 0 Å². The molecule has 0 aliphatic carbocycles. The summed E-state index contributed by atoms with van der Waals surface area (Å²) in [5.74, 6) is 0.229. The third-order valence-electron chi connectivity index (χ3n) is 3.44. The van der Waals surface area contributed by atoms with Gasteiger partial charge in [-0.15, -0.1) is 0 Å². The molecule has 98 valence electrons. The molecular formula is C12H19N3O2Si. The van der Waals surface area contributed by atoms with Crippen LogP contribution in [-0.2, 0) is 4.74 Å². The van der Waals surface area contributed by atoms with Gasteiger partial charge in [-0.3, -0.25) is 0 Å². The van der Waals surface area contributed by atoms with E-state index in [9.17, 15) is 4.79 Å². The number of methoxy groups -OCH3 is 1. The zero-order chi connectivity index (χ0) is 13.2. The quantitative estimate of drug-likeness (QED) is 0.603. The van der Waals surface area contributed by atoms with E-state index in [0.717, 1.165) is 13.1 Å². The average molecular weight is 265 g/mol. The molecule has 1 aromatic rings. The molecule has 0 bridgehead atoms. The number of carbonyl (C=O) groups is 1. The van der Waals surface area contributed by atoms with Crippen molar-refractivity contribution in [3.05, 3.63) is 18.0 Å². The van der Waals surface area contributed by atoms with E-state index in [-0.39, 0.29) is 0 Å². The Balaban J connectivity index is 2.12. The molecule has 2 rings (SSSR count). The number of anilines is 1. The van der Waals surface area contributed by atoms with Crippen LogP contribution in [0.1, 0.15) is 10.5 Å². The molecular weight excluding hydrogens is 246 g/mol. The fraction of sp³-hybridized carbons (Fsp3) is 0.583. The molecule has 0 saturated carbocycles. The zero-order valence-corrected chi connectivity index (χ0v) is 12.1. The van der Waals surface area contributed by atoms with Crippen LogP contribution in [0.25, 0.3) is 0 Å². The van der Waals surface area contributed by atoms with E-state index in [1.165, 1.54) is 19.2 Å². The van der Waals surface area contributed by atoms with Crippen molar-refractivity contribution in [3.63, 3.8) is 0 Å². The van der Waals surface area contributed by atoms with E-state index in [1.807, 2.05) is 0 Å². The second kappa shape index (κ2) is 5.05. The van der Waals surface area contributed by atoms with E-state index in [4.69, 9.17) is 0 Å². The summed E-state index contributed by atoms with van der Waals surface area (Å²) in [5, 5.41) is 0. The first-order valence-corrected chi connectivity index (χ1v) is 9.59. The van der Waals surface area contributed by atoms with Gasteiger partial charge < -0.3 is 9.64 Å². The minimum absolute atomic E-state index is 0.324. The van der Waals surface area contributed by atoms with E-state index in [1.54, 1.807) is 12.3 Å². The summed E-state index contributed by atoms with van der Waals surface area (Å²) < 4.78 is 4.67. The molecule has 0 unspecified atom stereocenters. The van der Waals surface area contributed by atoms with Crippen molar-refractivity contribution in [2.75, 3.05) is 25.1 Å². The number of nitrogens with zero attached hydrogens (tertiary/aromatic N) is 3. The highest BCUT2D eigenvalue weighted by Gasteiger charge is 2.28. The summed E-state index contributed by atoms with van der Waals surface area (Å²) in [6.45, 7) is 6.81. The van der Waals surface area contributed by atoms with Crippen LogP contribution in [0.15, 0.2) is 12.3 Å². The molecule has 0 radical (unpaired) electrons. The third kappa shape index (κ3) is 2.87. The van der Waals surface area contributed by atoms with Gasteiger partial charge in [0.15, 0.2) is 5.69 Å². The van der Waals surface area contributed by atoms with Crippen LogP contribution in [-0.4, -0.2) is 44.2 Å². The highest BCUT2D eigenvalue weighted by atomic mass is 28.3. The monoisotopic (exact) mass is 265 g/mol. The minimum atomic E-state index is -0.996. The van der Waals surface area contributed by atoms with Gasteiger partial charge in [0.25, 0.3) is 0 Å². The summed E-state index contributed by atoms with van der Waals surface area (Å²) in [5.41, 5.74) is 0.324. The lowest BCUT2D eigenvalue weighted by Gasteiger charge is -2.35. The second-order valence-electron chi connectivity index (χ2n) is 5.38. The van der Waals surface area contributed by atoms with Crippen LogP contribution in [0.4, 0.5) is 5.95 Å². The van der Waals surface area contributed by atoms with Crippen molar-refractivity contribution >= 4 is 20.0 Å². The summed E-state index contributed by atoms with van der Waals surface area (Å²) >= 11 is 0. The van der Waals surface area contributed by atoms with Crippen molar-refractivity contribution in [2.24, 2.45) is 0 Å². The number of esters is 1. The number of rotatable bonds is 2. The molecule has 1 aliphatic rings. The number of hydrogen-bond acceptors (Lipinski definition) is 5. The van der Waals surface area contributed by atoms with Crippen LogP contribution in [0.3, 0.4) is 0 Å². The van der Waals surface area contributed by atoms with E-state index < -0.39 is 14.0 Å². The minimum Gasteiger partial charge on any atom is -0.464 e. The molecule has 0 amide bonds. The topological polar surface area (TPSA) is 55.3 Å². The maximum Gasteiger partial charge on any atom is 0.356 e. The molecule has 1 fully saturated rings. The van der Waals surface area contributed by atoms with Gasteiger partial charge in [0.2, 0.25) is 5.95 Å². The highest BCUT2D eigenvalue weighted by molar-refractivity contribution is 6.77. The van der Waals surface area contributed by atoms with Crippen LogP contribution >= 0.6 is 0 Å². The lowest BCUT2D eigenvalue weighted by molar-refractivity contribution is 0.0594.